The van der Waals surface area contributed by atoms with E-state index in [-0.39, 0.29) is 6.17 Å². The van der Waals surface area contributed by atoms with Gasteiger partial charge in [-0.15, -0.1) is 0 Å². The Bertz CT molecular complexity index is 94.4. The Kier molecular flexibility index (Phi) is 5.41. The van der Waals surface area contributed by atoms with Gasteiger partial charge in [-0.05, 0) is 7.05 Å². The monoisotopic (exact) mass is 160 g/mol. The maximum absolute atomic E-state index is 5.71. The van der Waals surface area contributed by atoms with Gasteiger partial charge in [0.15, 0.2) is 0 Å². The van der Waals surface area contributed by atoms with Crippen molar-refractivity contribution in [1.29, 1.82) is 0 Å². The molecule has 4 heteroatoms. The van der Waals surface area contributed by atoms with Gasteiger partial charge in [0.1, 0.15) is 0 Å². The highest BCUT2D eigenvalue weighted by Gasteiger charge is 2.07. The van der Waals surface area contributed by atoms with Crippen LogP contribution in [0.15, 0.2) is 0 Å². The third-order valence-corrected chi connectivity index (χ3v) is 1.71. The van der Waals surface area contributed by atoms with E-state index in [2.05, 4.69) is 22.3 Å². The zero-order valence-electron chi connectivity index (χ0n) is 7.96. The van der Waals surface area contributed by atoms with Gasteiger partial charge >= 0.3 is 0 Å². The Hall–Kier alpha value is -0.160. The van der Waals surface area contributed by atoms with Gasteiger partial charge in [0, 0.05) is 27.2 Å². The summed E-state index contributed by atoms with van der Waals surface area (Å²) in [5.74, 6) is 0. The van der Waals surface area contributed by atoms with Crippen molar-refractivity contribution >= 4 is 0 Å². The molecule has 0 amide bonds. The van der Waals surface area contributed by atoms with Crippen LogP contribution in [0.25, 0.3) is 0 Å². The minimum Gasteiger partial charge on any atom is -0.315 e. The molecular weight excluding hydrogens is 140 g/mol. The minimum atomic E-state index is 0.0531. The lowest BCUT2D eigenvalue weighted by Crippen LogP contribution is -2.49. The molecule has 1 unspecified atom stereocenters. The molecule has 0 aliphatic rings. The topological polar surface area (TPSA) is 44.5 Å². The second-order valence-electron chi connectivity index (χ2n) is 2.75. The van der Waals surface area contributed by atoms with Gasteiger partial charge in [-0.1, -0.05) is 6.92 Å². The number of rotatable bonds is 5. The molecule has 0 radical (unpaired) electrons. The summed E-state index contributed by atoms with van der Waals surface area (Å²) in [5, 5.41) is 7.21. The second kappa shape index (κ2) is 5.49. The summed E-state index contributed by atoms with van der Waals surface area (Å²) >= 11 is 0. The van der Waals surface area contributed by atoms with Crippen LogP contribution in [-0.2, 0) is 0 Å². The Morgan fingerprint density at radius 3 is 2.27 bits per heavy atom. The highest BCUT2D eigenvalue weighted by molar-refractivity contribution is 4.59. The minimum absolute atomic E-state index is 0.0531. The van der Waals surface area contributed by atoms with Crippen LogP contribution in [0.2, 0.25) is 0 Å². The highest BCUT2D eigenvalue weighted by atomic mass is 15.6. The Morgan fingerprint density at radius 1 is 1.45 bits per heavy atom. The molecule has 0 aromatic rings. The first-order chi connectivity index (χ1) is 5.11. The zero-order chi connectivity index (χ0) is 8.85. The van der Waals surface area contributed by atoms with Crippen molar-refractivity contribution in [3.8, 4) is 0 Å². The average molecular weight is 160 g/mol. The summed E-state index contributed by atoms with van der Waals surface area (Å²) in [6, 6.07) is 0. The van der Waals surface area contributed by atoms with E-state index in [1.54, 1.807) is 0 Å². The van der Waals surface area contributed by atoms with Crippen LogP contribution in [0.4, 0.5) is 0 Å². The zero-order valence-corrected chi connectivity index (χ0v) is 7.96. The van der Waals surface area contributed by atoms with Crippen molar-refractivity contribution in [2.45, 2.75) is 13.1 Å². The molecule has 0 heterocycles. The van der Waals surface area contributed by atoms with Crippen LogP contribution in [0.3, 0.4) is 0 Å². The number of nitrogens with two attached hydrogens (primary N) is 1. The number of hydrazine groups is 1. The lowest BCUT2D eigenvalue weighted by molar-refractivity contribution is 0.0227. The molecule has 0 aromatic carbocycles. The Balaban J connectivity index is 3.68. The molecule has 0 saturated carbocycles. The molecule has 11 heavy (non-hydrogen) atoms. The molecule has 0 aliphatic heterocycles. The van der Waals surface area contributed by atoms with Gasteiger partial charge < -0.3 is 11.1 Å². The molecule has 0 aliphatic carbocycles. The number of hydrogen-bond donors (Lipinski definition) is 2. The summed E-state index contributed by atoms with van der Waals surface area (Å²) in [4.78, 5) is 0. The first-order valence-electron chi connectivity index (χ1n) is 3.96. The molecular formula is C7H20N4. The van der Waals surface area contributed by atoms with Gasteiger partial charge in [0.2, 0.25) is 0 Å². The fourth-order valence-electron chi connectivity index (χ4n) is 0.894. The van der Waals surface area contributed by atoms with Crippen molar-refractivity contribution in [2.24, 2.45) is 5.73 Å². The number of hydrogen-bond acceptors (Lipinski definition) is 4. The van der Waals surface area contributed by atoms with E-state index in [1.165, 1.54) is 0 Å². The largest absolute Gasteiger partial charge is 0.315 e. The highest BCUT2D eigenvalue weighted by Crippen LogP contribution is 1.90. The third-order valence-electron chi connectivity index (χ3n) is 1.71. The normalized spacial score (nSPS) is 14.5. The van der Waals surface area contributed by atoms with E-state index in [0.717, 1.165) is 13.1 Å². The lowest BCUT2D eigenvalue weighted by atomic mass is 10.5. The van der Waals surface area contributed by atoms with E-state index in [0.29, 0.717) is 0 Å². The lowest BCUT2D eigenvalue weighted by Gasteiger charge is -2.29. The Labute approximate surface area is 69.3 Å². The van der Waals surface area contributed by atoms with Gasteiger partial charge in [-0.25, -0.2) is 10.0 Å². The van der Waals surface area contributed by atoms with E-state index in [4.69, 9.17) is 5.73 Å². The maximum atomic E-state index is 5.71. The molecule has 0 saturated heterocycles. The van der Waals surface area contributed by atoms with Crippen LogP contribution >= 0.6 is 0 Å². The van der Waals surface area contributed by atoms with Crippen molar-refractivity contribution in [2.75, 3.05) is 34.2 Å². The number of nitrogens with zero attached hydrogens (tertiary/aromatic N) is 2. The second-order valence-corrected chi connectivity index (χ2v) is 2.75. The van der Waals surface area contributed by atoms with Crippen LogP contribution < -0.4 is 11.1 Å². The van der Waals surface area contributed by atoms with Crippen molar-refractivity contribution in [3.63, 3.8) is 0 Å². The fourth-order valence-corrected chi connectivity index (χ4v) is 0.894. The molecule has 0 fully saturated rings. The standard InChI is InChI=1S/C7H20N4/c1-5-11(10(3)4)6-7(8)9-2/h7,9H,5-6,8H2,1-4H3. The van der Waals surface area contributed by atoms with Gasteiger partial charge in [0.25, 0.3) is 0 Å². The average Bonchev–Trinajstić information content (AvgIpc) is 1.99. The van der Waals surface area contributed by atoms with Crippen LogP contribution in [-0.4, -0.2) is 50.4 Å². The predicted molar refractivity (Wildman–Crippen MR) is 48.0 cm³/mol. The predicted octanol–water partition coefficient (Wildman–Crippen LogP) is -0.711. The maximum Gasteiger partial charge on any atom is 0.0689 e. The Morgan fingerprint density at radius 2 is 2.00 bits per heavy atom. The molecule has 0 rings (SSSR count). The third kappa shape index (κ3) is 4.31. The SMILES string of the molecule is CCN(CC(N)NC)N(C)C. The van der Waals surface area contributed by atoms with Crippen molar-refractivity contribution < 1.29 is 0 Å². The summed E-state index contributed by atoms with van der Waals surface area (Å²) < 4.78 is 0. The van der Waals surface area contributed by atoms with Gasteiger partial charge in [0.05, 0.1) is 6.17 Å². The molecule has 0 spiro atoms. The summed E-state index contributed by atoms with van der Waals surface area (Å²) in [6.07, 6.45) is 0.0531. The molecule has 0 bridgehead atoms. The molecule has 68 valence electrons. The van der Waals surface area contributed by atoms with E-state index in [1.807, 2.05) is 21.1 Å². The van der Waals surface area contributed by atoms with Crippen LogP contribution in [0.5, 0.6) is 0 Å². The molecule has 3 N–H and O–H groups in total. The van der Waals surface area contributed by atoms with Gasteiger partial charge in [-0.2, -0.15) is 0 Å². The van der Waals surface area contributed by atoms with E-state index < -0.39 is 0 Å². The number of likely N-dealkylation sites (N-methyl/N-ethyl adjacent to an activating group) is 2. The van der Waals surface area contributed by atoms with E-state index >= 15 is 0 Å². The quantitative estimate of drug-likeness (QED) is 0.412. The molecule has 1 atom stereocenters. The summed E-state index contributed by atoms with van der Waals surface area (Å²) in [6.45, 7) is 3.95. The summed E-state index contributed by atoms with van der Waals surface area (Å²) in [7, 11) is 5.91. The van der Waals surface area contributed by atoms with Crippen LogP contribution in [0, 0.1) is 0 Å². The van der Waals surface area contributed by atoms with Gasteiger partial charge in [-0.3, -0.25) is 0 Å². The summed E-state index contributed by atoms with van der Waals surface area (Å²) in [5.41, 5.74) is 5.71. The van der Waals surface area contributed by atoms with Crippen molar-refractivity contribution in [1.82, 2.24) is 15.3 Å². The molecule has 0 aromatic heterocycles. The number of nitrogens with one attached hydrogen (secondary N) is 1. The van der Waals surface area contributed by atoms with Crippen molar-refractivity contribution in [3.05, 3.63) is 0 Å². The first kappa shape index (κ1) is 10.8. The van der Waals surface area contributed by atoms with E-state index in [9.17, 15) is 0 Å². The molecule has 4 nitrogen and oxygen atoms in total. The first-order valence-corrected chi connectivity index (χ1v) is 3.96. The fraction of sp³-hybridized carbons (Fsp3) is 1.00. The smallest absolute Gasteiger partial charge is 0.0689 e. The van der Waals surface area contributed by atoms with Crippen LogP contribution in [0.1, 0.15) is 6.92 Å².